The van der Waals surface area contributed by atoms with E-state index < -0.39 is 0 Å². The monoisotopic (exact) mass is 221 g/mol. The second-order valence-corrected chi connectivity index (χ2v) is 4.67. The van der Waals surface area contributed by atoms with E-state index in [0.717, 1.165) is 32.2 Å². The molecule has 0 saturated heterocycles. The first-order chi connectivity index (χ1) is 7.81. The van der Waals surface area contributed by atoms with E-state index in [9.17, 15) is 0 Å². The molecule has 90 valence electrons. The van der Waals surface area contributed by atoms with E-state index in [-0.39, 0.29) is 0 Å². The number of hydrogen-bond acceptors (Lipinski definition) is 2. The molecule has 0 unspecified atom stereocenters. The molecule has 1 aromatic heterocycles. The minimum absolute atomic E-state index is 0.876. The van der Waals surface area contributed by atoms with Crippen LogP contribution in [0.5, 0.6) is 0 Å². The van der Waals surface area contributed by atoms with Crippen molar-refractivity contribution in [3.63, 3.8) is 0 Å². The second kappa shape index (κ2) is 5.51. The predicted octanol–water partition coefficient (Wildman–Crippen LogP) is 1.69. The average Bonchev–Trinajstić information content (AvgIpc) is 3.04. The van der Waals surface area contributed by atoms with Crippen molar-refractivity contribution in [1.29, 1.82) is 0 Å². The van der Waals surface area contributed by atoms with Gasteiger partial charge < -0.3 is 14.8 Å². The molecular weight excluding hydrogens is 198 g/mol. The van der Waals surface area contributed by atoms with Gasteiger partial charge in [0.05, 0.1) is 0 Å². The number of nitrogens with one attached hydrogen (secondary N) is 1. The molecule has 3 heteroatoms. The lowest BCUT2D eigenvalue weighted by Gasteiger charge is -2.16. The maximum Gasteiger partial charge on any atom is 0.0359 e. The molecule has 2 rings (SSSR count). The Labute approximate surface area is 98.4 Å². The molecule has 0 radical (unpaired) electrons. The van der Waals surface area contributed by atoms with E-state index in [0.29, 0.717) is 0 Å². The highest BCUT2D eigenvalue weighted by Gasteiger charge is 2.25. The first kappa shape index (κ1) is 11.7. The van der Waals surface area contributed by atoms with Crippen LogP contribution in [0.3, 0.4) is 0 Å². The minimum Gasteiger partial charge on any atom is -0.351 e. The average molecular weight is 221 g/mol. The summed E-state index contributed by atoms with van der Waals surface area (Å²) in [5, 5.41) is 3.51. The van der Waals surface area contributed by atoms with Crippen LogP contribution in [0.1, 0.15) is 25.5 Å². The Morgan fingerprint density at radius 3 is 3.00 bits per heavy atom. The van der Waals surface area contributed by atoms with Crippen LogP contribution in [-0.4, -0.2) is 35.6 Å². The zero-order valence-corrected chi connectivity index (χ0v) is 10.4. The quantitative estimate of drug-likeness (QED) is 0.707. The van der Waals surface area contributed by atoms with Crippen LogP contribution in [0.15, 0.2) is 18.3 Å². The summed E-state index contributed by atoms with van der Waals surface area (Å²) in [6.45, 7) is 6.48. The predicted molar refractivity (Wildman–Crippen MR) is 67.5 cm³/mol. The third-order valence-electron chi connectivity index (χ3n) is 3.38. The molecule has 0 aliphatic heterocycles. The highest BCUT2D eigenvalue weighted by Crippen LogP contribution is 2.24. The molecule has 1 aliphatic carbocycles. The highest BCUT2D eigenvalue weighted by molar-refractivity contribution is 5.06. The Balaban J connectivity index is 1.63. The summed E-state index contributed by atoms with van der Waals surface area (Å²) in [5.41, 5.74) is 1.39. The van der Waals surface area contributed by atoms with Gasteiger partial charge in [0, 0.05) is 44.1 Å². The lowest BCUT2D eigenvalue weighted by atomic mass is 10.4. The van der Waals surface area contributed by atoms with Gasteiger partial charge in [0.1, 0.15) is 0 Å². The SMILES string of the molecule is CCn1cccc1CNCCN(C)C1CC1. The summed E-state index contributed by atoms with van der Waals surface area (Å²) >= 11 is 0. The van der Waals surface area contributed by atoms with Gasteiger partial charge in [-0.05, 0) is 38.9 Å². The molecule has 1 aliphatic rings. The molecule has 16 heavy (non-hydrogen) atoms. The van der Waals surface area contributed by atoms with Gasteiger partial charge in [-0.1, -0.05) is 0 Å². The Hall–Kier alpha value is -0.800. The van der Waals surface area contributed by atoms with Crippen molar-refractivity contribution in [2.24, 2.45) is 0 Å². The fraction of sp³-hybridized carbons (Fsp3) is 0.692. The van der Waals surface area contributed by atoms with Crippen LogP contribution in [0.4, 0.5) is 0 Å². The Bertz CT molecular complexity index is 315. The highest BCUT2D eigenvalue weighted by atomic mass is 15.2. The normalized spacial score (nSPS) is 15.9. The summed E-state index contributed by atoms with van der Waals surface area (Å²) in [6, 6.07) is 5.19. The Morgan fingerprint density at radius 1 is 1.50 bits per heavy atom. The summed E-state index contributed by atoms with van der Waals surface area (Å²) < 4.78 is 2.29. The molecule has 3 nitrogen and oxygen atoms in total. The van der Waals surface area contributed by atoms with Gasteiger partial charge in [-0.2, -0.15) is 0 Å². The lowest BCUT2D eigenvalue weighted by Crippen LogP contribution is -2.30. The molecule has 0 bridgehead atoms. The van der Waals surface area contributed by atoms with E-state index in [4.69, 9.17) is 0 Å². The van der Waals surface area contributed by atoms with E-state index in [2.05, 4.69) is 47.1 Å². The van der Waals surface area contributed by atoms with E-state index in [1.54, 1.807) is 0 Å². The molecule has 1 heterocycles. The molecular formula is C13H23N3. The molecule has 0 aromatic carbocycles. The Kier molecular flexibility index (Phi) is 4.02. The van der Waals surface area contributed by atoms with Crippen molar-refractivity contribution < 1.29 is 0 Å². The number of likely N-dealkylation sites (N-methyl/N-ethyl adjacent to an activating group) is 1. The van der Waals surface area contributed by atoms with Gasteiger partial charge in [-0.15, -0.1) is 0 Å². The van der Waals surface area contributed by atoms with Gasteiger partial charge in [0.15, 0.2) is 0 Å². The number of nitrogens with zero attached hydrogens (tertiary/aromatic N) is 2. The van der Waals surface area contributed by atoms with Crippen molar-refractivity contribution in [1.82, 2.24) is 14.8 Å². The lowest BCUT2D eigenvalue weighted by molar-refractivity contribution is 0.321. The van der Waals surface area contributed by atoms with E-state index in [1.165, 1.54) is 18.5 Å². The topological polar surface area (TPSA) is 20.2 Å². The fourth-order valence-electron chi connectivity index (χ4n) is 2.09. The van der Waals surface area contributed by atoms with Crippen LogP contribution in [0.25, 0.3) is 0 Å². The third-order valence-corrected chi connectivity index (χ3v) is 3.38. The summed E-state index contributed by atoms with van der Waals surface area (Å²) in [5.74, 6) is 0. The smallest absolute Gasteiger partial charge is 0.0359 e. The maximum absolute atomic E-state index is 3.51. The summed E-state index contributed by atoms with van der Waals surface area (Å²) in [4.78, 5) is 2.46. The minimum atomic E-state index is 0.876. The molecule has 0 atom stereocenters. The standard InChI is InChI=1S/C13H23N3/c1-3-16-9-4-5-13(16)11-14-8-10-15(2)12-6-7-12/h4-5,9,12,14H,3,6-8,10-11H2,1-2H3. The third kappa shape index (κ3) is 3.09. The summed E-state index contributed by atoms with van der Waals surface area (Å²) in [6.07, 6.45) is 4.94. The summed E-state index contributed by atoms with van der Waals surface area (Å²) in [7, 11) is 2.23. The zero-order valence-electron chi connectivity index (χ0n) is 10.4. The van der Waals surface area contributed by atoms with Crippen LogP contribution in [0, 0.1) is 0 Å². The molecule has 0 amide bonds. The molecule has 1 saturated carbocycles. The van der Waals surface area contributed by atoms with Gasteiger partial charge in [0.2, 0.25) is 0 Å². The zero-order chi connectivity index (χ0) is 11.4. The van der Waals surface area contributed by atoms with Gasteiger partial charge in [-0.3, -0.25) is 0 Å². The van der Waals surface area contributed by atoms with Crippen LogP contribution < -0.4 is 5.32 Å². The van der Waals surface area contributed by atoms with Crippen molar-refractivity contribution in [2.75, 3.05) is 20.1 Å². The molecule has 0 spiro atoms. The van der Waals surface area contributed by atoms with Crippen molar-refractivity contribution in [3.05, 3.63) is 24.0 Å². The molecule has 1 fully saturated rings. The van der Waals surface area contributed by atoms with Crippen molar-refractivity contribution in [2.45, 2.75) is 38.9 Å². The van der Waals surface area contributed by atoms with Crippen molar-refractivity contribution in [3.8, 4) is 0 Å². The Morgan fingerprint density at radius 2 is 2.31 bits per heavy atom. The molecule has 1 aromatic rings. The first-order valence-electron chi connectivity index (χ1n) is 6.36. The van der Waals surface area contributed by atoms with Crippen molar-refractivity contribution >= 4 is 0 Å². The van der Waals surface area contributed by atoms with E-state index in [1.807, 2.05) is 0 Å². The number of aromatic nitrogens is 1. The van der Waals surface area contributed by atoms with Crippen LogP contribution >= 0.6 is 0 Å². The van der Waals surface area contributed by atoms with Gasteiger partial charge in [-0.25, -0.2) is 0 Å². The maximum atomic E-state index is 3.51. The van der Waals surface area contributed by atoms with Crippen LogP contribution in [0.2, 0.25) is 0 Å². The second-order valence-electron chi connectivity index (χ2n) is 4.67. The van der Waals surface area contributed by atoms with Gasteiger partial charge in [0.25, 0.3) is 0 Å². The van der Waals surface area contributed by atoms with Crippen LogP contribution in [-0.2, 0) is 13.1 Å². The number of hydrogen-bond donors (Lipinski definition) is 1. The largest absolute Gasteiger partial charge is 0.351 e. The number of rotatable bonds is 7. The van der Waals surface area contributed by atoms with E-state index >= 15 is 0 Å². The van der Waals surface area contributed by atoms with Gasteiger partial charge >= 0.3 is 0 Å². The first-order valence-corrected chi connectivity index (χ1v) is 6.36. The fourth-order valence-corrected chi connectivity index (χ4v) is 2.09. The number of aryl methyl sites for hydroxylation is 1. The molecule has 1 N–H and O–H groups in total.